The lowest BCUT2D eigenvalue weighted by Gasteiger charge is -2.03. The van der Waals surface area contributed by atoms with Crippen molar-refractivity contribution in [2.75, 3.05) is 6.61 Å². The molecule has 0 aliphatic heterocycles. The van der Waals surface area contributed by atoms with Crippen LogP contribution < -0.4 is 5.43 Å². The van der Waals surface area contributed by atoms with E-state index >= 15 is 0 Å². The zero-order valence-corrected chi connectivity index (χ0v) is 9.21. The molecule has 1 aromatic rings. The number of hydrazone groups is 1. The van der Waals surface area contributed by atoms with Gasteiger partial charge < -0.3 is 9.84 Å². The van der Waals surface area contributed by atoms with Crippen LogP contribution >= 0.6 is 0 Å². The molecule has 1 aromatic carbocycles. The Morgan fingerprint density at radius 2 is 2.00 bits per heavy atom. The van der Waals surface area contributed by atoms with Crippen molar-refractivity contribution in [2.24, 2.45) is 5.10 Å². The van der Waals surface area contributed by atoms with Crippen LogP contribution in [-0.4, -0.2) is 29.5 Å². The van der Waals surface area contributed by atoms with E-state index in [2.05, 4.69) is 9.84 Å². The number of hydrogen-bond donors (Lipinski definition) is 2. The highest BCUT2D eigenvalue weighted by molar-refractivity contribution is 6.42. The van der Waals surface area contributed by atoms with Crippen LogP contribution in [0.3, 0.4) is 0 Å². The molecular weight excluding hydrogens is 224 g/mol. The van der Waals surface area contributed by atoms with Gasteiger partial charge in [0.25, 0.3) is 0 Å². The van der Waals surface area contributed by atoms with E-state index in [9.17, 15) is 9.59 Å². The molecule has 0 fully saturated rings. The van der Waals surface area contributed by atoms with Crippen molar-refractivity contribution < 1.29 is 19.4 Å². The molecule has 0 spiro atoms. The zero-order chi connectivity index (χ0) is 12.7. The Labute approximate surface area is 97.9 Å². The van der Waals surface area contributed by atoms with Gasteiger partial charge in [0.15, 0.2) is 5.71 Å². The van der Waals surface area contributed by atoms with Crippen LogP contribution in [-0.2, 0) is 9.53 Å². The molecule has 0 atom stereocenters. The number of aliphatic carboxylic acids is 1. The van der Waals surface area contributed by atoms with Gasteiger partial charge in [-0.25, -0.2) is 15.0 Å². The normalized spacial score (nSPS) is 10.8. The minimum Gasteiger partial charge on any atom is -0.476 e. The molecule has 0 aliphatic rings. The molecule has 0 aromatic heterocycles. The molecule has 0 saturated heterocycles. The number of ether oxygens (including phenoxy) is 1. The number of carboxylic acids is 1. The van der Waals surface area contributed by atoms with Gasteiger partial charge in [0.05, 0.1) is 6.61 Å². The number of nitrogens with one attached hydrogen (secondary N) is 1. The largest absolute Gasteiger partial charge is 0.476 e. The third kappa shape index (κ3) is 3.94. The Balaban J connectivity index is 2.84. The molecule has 0 saturated carbocycles. The van der Waals surface area contributed by atoms with E-state index in [0.29, 0.717) is 5.56 Å². The van der Waals surface area contributed by atoms with Gasteiger partial charge in [-0.05, 0) is 6.92 Å². The first-order chi connectivity index (χ1) is 8.15. The summed E-state index contributed by atoms with van der Waals surface area (Å²) in [6.07, 6.45) is -0.790. The molecule has 6 heteroatoms. The molecule has 0 aliphatic carbocycles. The fourth-order valence-corrected chi connectivity index (χ4v) is 1.10. The topological polar surface area (TPSA) is 88.0 Å². The minimum absolute atomic E-state index is 0.190. The van der Waals surface area contributed by atoms with Crippen molar-refractivity contribution in [1.29, 1.82) is 0 Å². The Kier molecular flexibility index (Phi) is 4.68. The molecular formula is C11H12N2O4. The maximum absolute atomic E-state index is 11.0. The maximum Gasteiger partial charge on any atom is 0.427 e. The Morgan fingerprint density at radius 1 is 1.35 bits per heavy atom. The molecule has 90 valence electrons. The number of benzene rings is 1. The molecule has 1 rings (SSSR count). The highest BCUT2D eigenvalue weighted by atomic mass is 16.5. The van der Waals surface area contributed by atoms with E-state index in [1.54, 1.807) is 37.3 Å². The predicted octanol–water partition coefficient (Wildman–Crippen LogP) is 1.22. The molecule has 0 unspecified atom stereocenters. The third-order valence-corrected chi connectivity index (χ3v) is 1.78. The Morgan fingerprint density at radius 3 is 2.53 bits per heavy atom. The SMILES string of the molecule is CCOC(=O)NN=C(C(=O)O)c1ccccc1. The van der Waals surface area contributed by atoms with Gasteiger partial charge >= 0.3 is 12.1 Å². The van der Waals surface area contributed by atoms with Gasteiger partial charge in [-0.2, -0.15) is 5.10 Å². The number of nitrogens with zero attached hydrogens (tertiary/aromatic N) is 1. The standard InChI is InChI=1S/C11H12N2O4/c1-2-17-11(16)13-12-9(10(14)15)8-6-4-3-5-7-8/h3-7H,2H2,1H3,(H,13,16)(H,14,15). The average molecular weight is 236 g/mol. The summed E-state index contributed by atoms with van der Waals surface area (Å²) in [5.41, 5.74) is 2.16. The van der Waals surface area contributed by atoms with Crippen molar-refractivity contribution in [2.45, 2.75) is 6.92 Å². The second-order valence-electron chi connectivity index (χ2n) is 2.96. The first-order valence-corrected chi connectivity index (χ1v) is 4.94. The summed E-state index contributed by atoms with van der Waals surface area (Å²) in [6, 6.07) is 8.28. The minimum atomic E-state index is -1.23. The summed E-state index contributed by atoms with van der Waals surface area (Å²) in [7, 11) is 0. The molecule has 6 nitrogen and oxygen atoms in total. The van der Waals surface area contributed by atoms with Gasteiger partial charge in [0.2, 0.25) is 0 Å². The van der Waals surface area contributed by atoms with Crippen LogP contribution in [0, 0.1) is 0 Å². The first kappa shape index (κ1) is 12.7. The van der Waals surface area contributed by atoms with Gasteiger partial charge in [-0.1, -0.05) is 30.3 Å². The van der Waals surface area contributed by atoms with Gasteiger partial charge in [-0.15, -0.1) is 0 Å². The highest BCUT2D eigenvalue weighted by Crippen LogP contribution is 2.01. The molecule has 0 radical (unpaired) electrons. The Bertz CT molecular complexity index is 428. The maximum atomic E-state index is 11.0. The number of carbonyl (C=O) groups excluding carboxylic acids is 1. The van der Waals surface area contributed by atoms with Crippen molar-refractivity contribution >= 4 is 17.8 Å². The van der Waals surface area contributed by atoms with Crippen LogP contribution in [0.5, 0.6) is 0 Å². The summed E-state index contributed by atoms with van der Waals surface area (Å²) in [6.45, 7) is 1.83. The van der Waals surface area contributed by atoms with Crippen molar-refractivity contribution in [1.82, 2.24) is 5.43 Å². The average Bonchev–Trinajstić information content (AvgIpc) is 2.30. The van der Waals surface area contributed by atoms with Crippen LogP contribution in [0.1, 0.15) is 12.5 Å². The number of carboxylic acid groups (broad SMARTS) is 1. The van der Waals surface area contributed by atoms with Crippen molar-refractivity contribution in [3.05, 3.63) is 35.9 Å². The first-order valence-electron chi connectivity index (χ1n) is 4.94. The highest BCUT2D eigenvalue weighted by Gasteiger charge is 2.12. The summed E-state index contributed by atoms with van der Waals surface area (Å²) in [5.74, 6) is -1.23. The summed E-state index contributed by atoms with van der Waals surface area (Å²) < 4.78 is 4.56. The van der Waals surface area contributed by atoms with E-state index in [4.69, 9.17) is 5.11 Å². The quantitative estimate of drug-likeness (QED) is 0.607. The lowest BCUT2D eigenvalue weighted by Crippen LogP contribution is -2.24. The van der Waals surface area contributed by atoms with Crippen molar-refractivity contribution in [3.63, 3.8) is 0 Å². The fraction of sp³-hybridized carbons (Fsp3) is 0.182. The number of hydrogen-bond acceptors (Lipinski definition) is 4. The van der Waals surface area contributed by atoms with E-state index < -0.39 is 12.1 Å². The zero-order valence-electron chi connectivity index (χ0n) is 9.21. The fourth-order valence-electron chi connectivity index (χ4n) is 1.10. The number of amides is 1. The summed E-state index contributed by atoms with van der Waals surface area (Å²) >= 11 is 0. The number of rotatable bonds is 4. The molecule has 17 heavy (non-hydrogen) atoms. The van der Waals surface area contributed by atoms with Gasteiger partial charge in [0.1, 0.15) is 0 Å². The van der Waals surface area contributed by atoms with E-state index in [-0.39, 0.29) is 12.3 Å². The van der Waals surface area contributed by atoms with Crippen LogP contribution in [0.2, 0.25) is 0 Å². The Hall–Kier alpha value is -2.37. The van der Waals surface area contributed by atoms with E-state index in [0.717, 1.165) is 0 Å². The molecule has 1 amide bonds. The predicted molar refractivity (Wildman–Crippen MR) is 60.8 cm³/mol. The lowest BCUT2D eigenvalue weighted by atomic mass is 10.1. The lowest BCUT2D eigenvalue weighted by molar-refractivity contribution is -0.129. The third-order valence-electron chi connectivity index (χ3n) is 1.78. The van der Waals surface area contributed by atoms with Gasteiger partial charge in [-0.3, -0.25) is 0 Å². The summed E-state index contributed by atoms with van der Waals surface area (Å²) in [4.78, 5) is 21.9. The van der Waals surface area contributed by atoms with Gasteiger partial charge in [0, 0.05) is 5.56 Å². The van der Waals surface area contributed by atoms with Crippen LogP contribution in [0.15, 0.2) is 35.4 Å². The molecule has 2 N–H and O–H groups in total. The smallest absolute Gasteiger partial charge is 0.427 e. The van der Waals surface area contributed by atoms with Crippen LogP contribution in [0.4, 0.5) is 4.79 Å². The second kappa shape index (κ2) is 6.26. The van der Waals surface area contributed by atoms with Crippen molar-refractivity contribution in [3.8, 4) is 0 Å². The number of carbonyl (C=O) groups is 2. The monoisotopic (exact) mass is 236 g/mol. The molecule has 0 heterocycles. The van der Waals surface area contributed by atoms with E-state index in [1.165, 1.54) is 0 Å². The van der Waals surface area contributed by atoms with Crippen LogP contribution in [0.25, 0.3) is 0 Å². The summed E-state index contributed by atoms with van der Waals surface area (Å²) in [5, 5.41) is 12.5. The van der Waals surface area contributed by atoms with E-state index in [1.807, 2.05) is 5.43 Å². The molecule has 0 bridgehead atoms. The second-order valence-corrected chi connectivity index (χ2v) is 2.96.